The van der Waals surface area contributed by atoms with Crippen LogP contribution in [0.15, 0.2) is 60.7 Å². The third-order valence-electron chi connectivity index (χ3n) is 3.33. The highest BCUT2D eigenvalue weighted by atomic mass is 16.5. The molecule has 1 unspecified atom stereocenters. The molecule has 0 aliphatic carbocycles. The van der Waals surface area contributed by atoms with E-state index in [1.807, 2.05) is 6.07 Å². The van der Waals surface area contributed by atoms with E-state index in [9.17, 15) is 14.7 Å². The van der Waals surface area contributed by atoms with Gasteiger partial charge in [-0.1, -0.05) is 60.7 Å². The first-order chi connectivity index (χ1) is 10.6. The van der Waals surface area contributed by atoms with Crippen LogP contribution in [0.4, 0.5) is 0 Å². The summed E-state index contributed by atoms with van der Waals surface area (Å²) >= 11 is 0. The molecule has 0 heterocycles. The number of hydrogen-bond acceptors (Lipinski definition) is 4. The van der Waals surface area contributed by atoms with Crippen molar-refractivity contribution in [3.05, 3.63) is 71.8 Å². The Morgan fingerprint density at radius 2 is 1.55 bits per heavy atom. The van der Waals surface area contributed by atoms with E-state index in [0.717, 1.165) is 0 Å². The number of Topliss-reactive ketones (excluding diaryl/α,β-unsaturated/α-hetero) is 1. The summed E-state index contributed by atoms with van der Waals surface area (Å²) < 4.78 is 4.91. The minimum atomic E-state index is -2.22. The van der Waals surface area contributed by atoms with Crippen molar-refractivity contribution >= 4 is 11.8 Å². The fourth-order valence-corrected chi connectivity index (χ4v) is 2.22. The molecule has 1 atom stereocenters. The normalized spacial score (nSPS) is 13.2. The van der Waals surface area contributed by atoms with Crippen LogP contribution in [0.25, 0.3) is 0 Å². The van der Waals surface area contributed by atoms with Crippen molar-refractivity contribution in [2.75, 3.05) is 6.61 Å². The van der Waals surface area contributed by atoms with Crippen LogP contribution in [0.3, 0.4) is 0 Å². The number of esters is 1. The minimum Gasteiger partial charge on any atom is -0.463 e. The molecular formula is C18H18O4. The second-order valence-corrected chi connectivity index (χ2v) is 4.94. The van der Waals surface area contributed by atoms with Gasteiger partial charge in [-0.2, -0.15) is 0 Å². The van der Waals surface area contributed by atoms with Crippen molar-refractivity contribution < 1.29 is 19.4 Å². The summed E-state index contributed by atoms with van der Waals surface area (Å²) in [6.45, 7) is 1.73. The first kappa shape index (κ1) is 15.9. The lowest BCUT2D eigenvalue weighted by molar-refractivity contribution is -0.159. The Kier molecular flexibility index (Phi) is 5.07. The maximum Gasteiger partial charge on any atom is 0.346 e. The van der Waals surface area contributed by atoms with Crippen LogP contribution >= 0.6 is 0 Å². The number of ether oxygens (including phenoxy) is 1. The maximum absolute atomic E-state index is 12.6. The summed E-state index contributed by atoms with van der Waals surface area (Å²) in [7, 11) is 0. The van der Waals surface area contributed by atoms with Gasteiger partial charge in [-0.15, -0.1) is 0 Å². The molecule has 2 aromatic rings. The lowest BCUT2D eigenvalue weighted by atomic mass is 9.86. The number of hydrogen-bond donors (Lipinski definition) is 1. The van der Waals surface area contributed by atoms with Gasteiger partial charge in [0.2, 0.25) is 11.4 Å². The van der Waals surface area contributed by atoms with Crippen LogP contribution in [0.5, 0.6) is 0 Å². The number of aliphatic hydroxyl groups is 1. The second-order valence-electron chi connectivity index (χ2n) is 4.94. The summed E-state index contributed by atoms with van der Waals surface area (Å²) in [5.74, 6) is -1.58. The summed E-state index contributed by atoms with van der Waals surface area (Å²) in [5, 5.41) is 10.8. The third kappa shape index (κ3) is 3.40. The van der Waals surface area contributed by atoms with Gasteiger partial charge in [-0.25, -0.2) is 4.79 Å². The Morgan fingerprint density at radius 1 is 1.00 bits per heavy atom. The molecule has 0 aliphatic rings. The topological polar surface area (TPSA) is 63.6 Å². The van der Waals surface area contributed by atoms with E-state index >= 15 is 0 Å². The largest absolute Gasteiger partial charge is 0.463 e. The number of carbonyl (C=O) groups excluding carboxylic acids is 2. The molecule has 0 fully saturated rings. The van der Waals surface area contributed by atoms with Crippen molar-refractivity contribution in [3.63, 3.8) is 0 Å². The van der Waals surface area contributed by atoms with E-state index in [0.29, 0.717) is 5.56 Å². The highest BCUT2D eigenvalue weighted by molar-refractivity contribution is 6.15. The van der Waals surface area contributed by atoms with Crippen molar-refractivity contribution in [1.82, 2.24) is 0 Å². The molecule has 0 bridgehead atoms. The molecular weight excluding hydrogens is 280 g/mol. The van der Waals surface area contributed by atoms with Gasteiger partial charge in [0.25, 0.3) is 0 Å². The Morgan fingerprint density at radius 3 is 2.09 bits per heavy atom. The summed E-state index contributed by atoms with van der Waals surface area (Å²) in [5.41, 5.74) is -1.27. The second kappa shape index (κ2) is 7.00. The Bertz CT molecular complexity index is 637. The minimum absolute atomic E-state index is 0.0952. The van der Waals surface area contributed by atoms with Gasteiger partial charge in [0.1, 0.15) is 0 Å². The monoisotopic (exact) mass is 298 g/mol. The lowest BCUT2D eigenvalue weighted by Gasteiger charge is -2.24. The van der Waals surface area contributed by atoms with Crippen LogP contribution in [-0.2, 0) is 16.0 Å². The Hall–Kier alpha value is -2.46. The van der Waals surface area contributed by atoms with Gasteiger partial charge in [-0.05, 0) is 12.5 Å². The standard InChI is InChI=1S/C18H18O4/c1-2-22-17(20)18(21,13-14-9-5-3-6-10-14)16(19)15-11-7-4-8-12-15/h3-12,21H,2,13H2,1H3. The molecule has 2 aromatic carbocycles. The average Bonchev–Trinajstić information content (AvgIpc) is 2.56. The zero-order valence-electron chi connectivity index (χ0n) is 12.4. The molecule has 4 heteroatoms. The van der Waals surface area contributed by atoms with Crippen molar-refractivity contribution in [3.8, 4) is 0 Å². The zero-order valence-corrected chi connectivity index (χ0v) is 12.4. The molecule has 0 spiro atoms. The first-order valence-corrected chi connectivity index (χ1v) is 7.11. The predicted octanol–water partition coefficient (Wildman–Crippen LogP) is 2.41. The molecule has 4 nitrogen and oxygen atoms in total. The summed E-state index contributed by atoms with van der Waals surface area (Å²) in [6, 6.07) is 17.2. The number of carbonyl (C=O) groups is 2. The molecule has 114 valence electrons. The molecule has 0 aromatic heterocycles. The van der Waals surface area contributed by atoms with Crippen molar-refractivity contribution in [2.24, 2.45) is 0 Å². The van der Waals surface area contributed by atoms with E-state index < -0.39 is 17.4 Å². The van der Waals surface area contributed by atoms with Gasteiger partial charge in [0, 0.05) is 12.0 Å². The maximum atomic E-state index is 12.6. The molecule has 2 rings (SSSR count). The fourth-order valence-electron chi connectivity index (χ4n) is 2.22. The van der Waals surface area contributed by atoms with Crippen LogP contribution in [-0.4, -0.2) is 29.1 Å². The molecule has 22 heavy (non-hydrogen) atoms. The SMILES string of the molecule is CCOC(=O)C(O)(Cc1ccccc1)C(=O)c1ccccc1. The van der Waals surface area contributed by atoms with Gasteiger partial charge in [0.05, 0.1) is 6.61 Å². The molecule has 0 saturated carbocycles. The highest BCUT2D eigenvalue weighted by Crippen LogP contribution is 2.21. The van der Waals surface area contributed by atoms with E-state index in [-0.39, 0.29) is 18.6 Å². The van der Waals surface area contributed by atoms with E-state index in [2.05, 4.69) is 0 Å². The van der Waals surface area contributed by atoms with E-state index in [1.54, 1.807) is 61.5 Å². The van der Waals surface area contributed by atoms with Crippen molar-refractivity contribution in [2.45, 2.75) is 18.9 Å². The fraction of sp³-hybridized carbons (Fsp3) is 0.222. The quantitative estimate of drug-likeness (QED) is 0.505. The summed E-state index contributed by atoms with van der Waals surface area (Å²) in [4.78, 5) is 24.8. The van der Waals surface area contributed by atoms with E-state index in [1.165, 1.54) is 0 Å². The average molecular weight is 298 g/mol. The Labute approximate surface area is 129 Å². The lowest BCUT2D eigenvalue weighted by Crippen LogP contribution is -2.49. The molecule has 1 N–H and O–H groups in total. The number of rotatable bonds is 6. The van der Waals surface area contributed by atoms with Crippen LogP contribution < -0.4 is 0 Å². The van der Waals surface area contributed by atoms with Gasteiger partial charge in [-0.3, -0.25) is 4.79 Å². The predicted molar refractivity (Wildman–Crippen MR) is 82.5 cm³/mol. The van der Waals surface area contributed by atoms with Crippen molar-refractivity contribution in [1.29, 1.82) is 0 Å². The first-order valence-electron chi connectivity index (χ1n) is 7.11. The highest BCUT2D eigenvalue weighted by Gasteiger charge is 2.45. The molecule has 0 amide bonds. The number of benzene rings is 2. The van der Waals surface area contributed by atoms with Gasteiger partial charge < -0.3 is 9.84 Å². The summed E-state index contributed by atoms with van der Waals surface area (Å²) in [6.07, 6.45) is -0.125. The van der Waals surface area contributed by atoms with Gasteiger partial charge in [0.15, 0.2) is 0 Å². The number of ketones is 1. The molecule has 0 aliphatic heterocycles. The van der Waals surface area contributed by atoms with Crippen LogP contribution in [0.2, 0.25) is 0 Å². The Balaban J connectivity index is 2.37. The smallest absolute Gasteiger partial charge is 0.346 e. The van der Waals surface area contributed by atoms with E-state index in [4.69, 9.17) is 4.74 Å². The molecule has 0 saturated heterocycles. The third-order valence-corrected chi connectivity index (χ3v) is 3.33. The molecule has 0 radical (unpaired) electrons. The van der Waals surface area contributed by atoms with Crippen LogP contribution in [0, 0.1) is 0 Å². The van der Waals surface area contributed by atoms with Crippen LogP contribution in [0.1, 0.15) is 22.8 Å². The van der Waals surface area contributed by atoms with Gasteiger partial charge >= 0.3 is 5.97 Å². The zero-order chi connectivity index (χ0) is 16.0.